The van der Waals surface area contributed by atoms with Crippen LogP contribution < -0.4 is 10.2 Å². The Morgan fingerprint density at radius 1 is 1.45 bits per heavy atom. The average molecular weight is 293 g/mol. The number of nitrogens with zero attached hydrogens (tertiary/aromatic N) is 2. The summed E-state index contributed by atoms with van der Waals surface area (Å²) in [6, 6.07) is 4.67. The van der Waals surface area contributed by atoms with Crippen LogP contribution in [-0.2, 0) is 4.79 Å². The number of hydrogen-bond donors (Lipinski definition) is 1. The lowest BCUT2D eigenvalue weighted by molar-refractivity contribution is -0.125. The van der Waals surface area contributed by atoms with Crippen LogP contribution in [-0.4, -0.2) is 31.0 Å². The Morgan fingerprint density at radius 2 is 2.20 bits per heavy atom. The van der Waals surface area contributed by atoms with Gasteiger partial charge in [-0.3, -0.25) is 4.79 Å². The van der Waals surface area contributed by atoms with E-state index >= 15 is 0 Å². The van der Waals surface area contributed by atoms with Gasteiger partial charge in [0.1, 0.15) is 5.82 Å². The summed E-state index contributed by atoms with van der Waals surface area (Å²) in [7, 11) is 1.68. The highest BCUT2D eigenvalue weighted by molar-refractivity contribution is 7.22. The van der Waals surface area contributed by atoms with Gasteiger partial charge in [0.15, 0.2) is 5.13 Å². The van der Waals surface area contributed by atoms with E-state index in [1.807, 2.05) is 0 Å². The molecule has 3 rings (SSSR count). The van der Waals surface area contributed by atoms with Gasteiger partial charge in [-0.1, -0.05) is 11.3 Å². The predicted octanol–water partition coefficient (Wildman–Crippen LogP) is 2.40. The number of aromatic nitrogens is 1. The first-order chi connectivity index (χ1) is 9.67. The van der Waals surface area contributed by atoms with Crippen molar-refractivity contribution in [2.24, 2.45) is 5.92 Å². The van der Waals surface area contributed by atoms with Crippen LogP contribution in [0.5, 0.6) is 0 Å². The number of amides is 1. The van der Waals surface area contributed by atoms with E-state index in [1.54, 1.807) is 13.1 Å². The van der Waals surface area contributed by atoms with Crippen molar-refractivity contribution < 1.29 is 9.18 Å². The molecule has 1 aliphatic heterocycles. The first kappa shape index (κ1) is 13.3. The Bertz CT molecular complexity index is 634. The summed E-state index contributed by atoms with van der Waals surface area (Å²) in [5.41, 5.74) is 0.833. The fourth-order valence-electron chi connectivity index (χ4n) is 2.56. The highest BCUT2D eigenvalue weighted by Crippen LogP contribution is 2.31. The lowest BCUT2D eigenvalue weighted by Gasteiger charge is -2.30. The zero-order valence-electron chi connectivity index (χ0n) is 11.2. The Morgan fingerprint density at radius 3 is 2.90 bits per heavy atom. The van der Waals surface area contributed by atoms with Crippen molar-refractivity contribution in [2.45, 2.75) is 12.8 Å². The van der Waals surface area contributed by atoms with E-state index in [0.29, 0.717) is 0 Å². The minimum Gasteiger partial charge on any atom is -0.359 e. The summed E-state index contributed by atoms with van der Waals surface area (Å²) in [6.07, 6.45) is 1.67. The Hall–Kier alpha value is -1.69. The van der Waals surface area contributed by atoms with Gasteiger partial charge in [-0.15, -0.1) is 0 Å². The van der Waals surface area contributed by atoms with Crippen molar-refractivity contribution in [1.29, 1.82) is 0 Å². The van der Waals surface area contributed by atoms with E-state index in [9.17, 15) is 9.18 Å². The Balaban J connectivity index is 1.75. The maximum absolute atomic E-state index is 13.2. The minimum absolute atomic E-state index is 0.100. The van der Waals surface area contributed by atoms with Crippen molar-refractivity contribution in [3.05, 3.63) is 24.0 Å². The predicted molar refractivity (Wildman–Crippen MR) is 78.6 cm³/mol. The van der Waals surface area contributed by atoms with Crippen LogP contribution in [0.1, 0.15) is 12.8 Å². The third-order valence-electron chi connectivity index (χ3n) is 3.72. The van der Waals surface area contributed by atoms with Gasteiger partial charge in [0.25, 0.3) is 0 Å². The number of fused-ring (bicyclic) bond motifs is 1. The SMILES string of the molecule is CNC(=O)C1CCN(c2nc3ccc(F)cc3s2)CC1. The molecule has 2 aromatic rings. The number of piperidine rings is 1. The van der Waals surface area contributed by atoms with E-state index in [1.165, 1.54) is 23.5 Å². The number of carbonyl (C=O) groups is 1. The van der Waals surface area contributed by atoms with Gasteiger partial charge in [-0.25, -0.2) is 9.37 Å². The van der Waals surface area contributed by atoms with Crippen LogP contribution in [0.2, 0.25) is 0 Å². The first-order valence-corrected chi connectivity index (χ1v) is 7.51. The van der Waals surface area contributed by atoms with Crippen molar-refractivity contribution >= 4 is 32.6 Å². The fourth-order valence-corrected chi connectivity index (χ4v) is 3.60. The molecule has 4 nitrogen and oxygen atoms in total. The number of anilines is 1. The molecule has 0 unspecified atom stereocenters. The average Bonchev–Trinajstić information content (AvgIpc) is 2.89. The van der Waals surface area contributed by atoms with Crippen molar-refractivity contribution in [2.75, 3.05) is 25.0 Å². The Kier molecular flexibility index (Phi) is 3.56. The van der Waals surface area contributed by atoms with E-state index < -0.39 is 0 Å². The molecule has 106 valence electrons. The molecule has 0 bridgehead atoms. The van der Waals surface area contributed by atoms with E-state index in [-0.39, 0.29) is 17.6 Å². The molecule has 2 heterocycles. The maximum Gasteiger partial charge on any atom is 0.222 e. The molecule has 6 heteroatoms. The van der Waals surface area contributed by atoms with Gasteiger partial charge in [-0.05, 0) is 31.0 Å². The molecule has 1 N–H and O–H groups in total. The number of benzene rings is 1. The van der Waals surface area contributed by atoms with E-state index in [2.05, 4.69) is 15.2 Å². The number of nitrogens with one attached hydrogen (secondary N) is 1. The van der Waals surface area contributed by atoms with Crippen LogP contribution in [0.25, 0.3) is 10.2 Å². The van der Waals surface area contributed by atoms with E-state index in [4.69, 9.17) is 0 Å². The van der Waals surface area contributed by atoms with E-state index in [0.717, 1.165) is 41.3 Å². The lowest BCUT2D eigenvalue weighted by Crippen LogP contribution is -2.39. The number of rotatable bonds is 2. The molecule has 1 saturated heterocycles. The van der Waals surface area contributed by atoms with Gasteiger partial charge in [0.2, 0.25) is 5.91 Å². The number of thiazole rings is 1. The summed E-state index contributed by atoms with van der Waals surface area (Å²) in [5, 5.41) is 3.62. The zero-order valence-corrected chi connectivity index (χ0v) is 12.0. The van der Waals surface area contributed by atoms with Crippen molar-refractivity contribution in [3.8, 4) is 0 Å². The highest BCUT2D eigenvalue weighted by Gasteiger charge is 2.25. The topological polar surface area (TPSA) is 45.2 Å². The zero-order chi connectivity index (χ0) is 14.1. The van der Waals surface area contributed by atoms with Gasteiger partial charge >= 0.3 is 0 Å². The summed E-state index contributed by atoms with van der Waals surface area (Å²) in [4.78, 5) is 18.3. The van der Waals surface area contributed by atoms with Crippen LogP contribution in [0, 0.1) is 11.7 Å². The molecular weight excluding hydrogens is 277 g/mol. The second-order valence-electron chi connectivity index (χ2n) is 4.98. The Labute approximate surface area is 120 Å². The highest BCUT2D eigenvalue weighted by atomic mass is 32.1. The van der Waals surface area contributed by atoms with Gasteiger partial charge < -0.3 is 10.2 Å². The van der Waals surface area contributed by atoms with Gasteiger partial charge in [-0.2, -0.15) is 0 Å². The molecule has 1 fully saturated rings. The maximum atomic E-state index is 13.2. The molecule has 20 heavy (non-hydrogen) atoms. The number of halogens is 1. The molecule has 0 saturated carbocycles. The second kappa shape index (κ2) is 5.36. The van der Waals surface area contributed by atoms with Crippen molar-refractivity contribution in [1.82, 2.24) is 10.3 Å². The number of carbonyl (C=O) groups excluding carboxylic acids is 1. The second-order valence-corrected chi connectivity index (χ2v) is 5.99. The molecule has 0 spiro atoms. The first-order valence-electron chi connectivity index (χ1n) is 6.70. The van der Waals surface area contributed by atoms with Crippen LogP contribution >= 0.6 is 11.3 Å². The quantitative estimate of drug-likeness (QED) is 0.925. The molecule has 1 aliphatic rings. The normalized spacial score (nSPS) is 16.6. The molecule has 0 atom stereocenters. The summed E-state index contributed by atoms with van der Waals surface area (Å²) < 4.78 is 14.1. The van der Waals surface area contributed by atoms with Gasteiger partial charge in [0, 0.05) is 26.1 Å². The monoisotopic (exact) mass is 293 g/mol. The molecule has 0 radical (unpaired) electrons. The van der Waals surface area contributed by atoms with Gasteiger partial charge in [0.05, 0.1) is 10.2 Å². The molecular formula is C14H16FN3OS. The summed E-state index contributed by atoms with van der Waals surface area (Å²) in [5.74, 6) is -0.00915. The smallest absolute Gasteiger partial charge is 0.222 e. The van der Waals surface area contributed by atoms with Crippen LogP contribution in [0.15, 0.2) is 18.2 Å². The standard InChI is InChI=1S/C14H16FN3OS/c1-16-13(19)9-4-6-18(7-5-9)14-17-11-3-2-10(15)8-12(11)20-14/h2-3,8-9H,4-7H2,1H3,(H,16,19). The third-order valence-corrected chi connectivity index (χ3v) is 4.80. The summed E-state index contributed by atoms with van der Waals surface area (Å²) in [6.45, 7) is 1.64. The van der Waals surface area contributed by atoms with Crippen LogP contribution in [0.4, 0.5) is 9.52 Å². The fraction of sp³-hybridized carbons (Fsp3) is 0.429. The third kappa shape index (κ3) is 2.47. The number of hydrogen-bond acceptors (Lipinski definition) is 4. The molecule has 0 aliphatic carbocycles. The summed E-state index contributed by atoms with van der Waals surface area (Å²) >= 11 is 1.51. The van der Waals surface area contributed by atoms with Crippen molar-refractivity contribution in [3.63, 3.8) is 0 Å². The molecule has 1 aromatic carbocycles. The lowest BCUT2D eigenvalue weighted by atomic mass is 9.96. The minimum atomic E-state index is -0.231. The largest absolute Gasteiger partial charge is 0.359 e. The molecule has 1 amide bonds. The van der Waals surface area contributed by atoms with Crippen LogP contribution in [0.3, 0.4) is 0 Å². The molecule has 1 aromatic heterocycles.